The summed E-state index contributed by atoms with van der Waals surface area (Å²) in [5, 5.41) is 10.3. The molecule has 0 aromatic heterocycles. The number of rotatable bonds is 6. The molecule has 1 aliphatic rings. The highest BCUT2D eigenvalue weighted by molar-refractivity contribution is 7.89. The lowest BCUT2D eigenvalue weighted by Crippen LogP contribution is -2.27. The molecule has 0 fully saturated rings. The molecule has 2 rings (SSSR count). The van der Waals surface area contributed by atoms with Crippen molar-refractivity contribution in [3.8, 4) is 0 Å². The van der Waals surface area contributed by atoms with Crippen molar-refractivity contribution >= 4 is 16.0 Å². The van der Waals surface area contributed by atoms with E-state index < -0.39 is 16.0 Å². The van der Waals surface area contributed by atoms with Crippen LogP contribution in [0, 0.1) is 0 Å². The topological polar surface area (TPSA) is 86.3 Å². The quantitative estimate of drug-likeness (QED) is 0.769. The smallest absolute Gasteiger partial charge is 0.240 e. The molecule has 1 aromatic carbocycles. The predicted octanol–water partition coefficient (Wildman–Crippen LogP) is 0.374. The van der Waals surface area contributed by atoms with E-state index in [1.165, 1.54) is 5.56 Å². The maximum absolute atomic E-state index is 12.1. The Labute approximate surface area is 119 Å². The van der Waals surface area contributed by atoms with Gasteiger partial charge >= 0.3 is 0 Å². The predicted molar refractivity (Wildman–Crippen MR) is 72.5 cm³/mol. The number of carboxylic acid groups (broad SMARTS) is 1. The van der Waals surface area contributed by atoms with Crippen molar-refractivity contribution in [2.45, 2.75) is 43.4 Å². The first-order valence-electron chi connectivity index (χ1n) is 6.80. The Bertz CT molecular complexity index is 595. The lowest BCUT2D eigenvalue weighted by atomic mass is 9.92. The first kappa shape index (κ1) is 15.0. The zero-order valence-corrected chi connectivity index (χ0v) is 12.0. The molecule has 0 atom stereocenters. The van der Waals surface area contributed by atoms with Crippen LogP contribution in [0.5, 0.6) is 0 Å². The van der Waals surface area contributed by atoms with Crippen LogP contribution < -0.4 is 9.83 Å². The van der Waals surface area contributed by atoms with Gasteiger partial charge in [-0.3, -0.25) is 0 Å². The number of nitrogens with one attached hydrogen (secondary N) is 1. The van der Waals surface area contributed by atoms with Crippen LogP contribution in [-0.4, -0.2) is 20.9 Å². The minimum absolute atomic E-state index is 0.105. The summed E-state index contributed by atoms with van der Waals surface area (Å²) in [6.45, 7) is 0.105. The number of aliphatic carboxylic acids is 1. The molecule has 1 aliphatic carbocycles. The van der Waals surface area contributed by atoms with Crippen molar-refractivity contribution in [2.24, 2.45) is 0 Å². The van der Waals surface area contributed by atoms with Crippen molar-refractivity contribution in [3.05, 3.63) is 29.3 Å². The number of carbonyl (C=O) groups excluding carboxylic acids is 1. The van der Waals surface area contributed by atoms with Crippen LogP contribution in [0.4, 0.5) is 0 Å². The monoisotopic (exact) mass is 296 g/mol. The highest BCUT2D eigenvalue weighted by Crippen LogP contribution is 2.23. The van der Waals surface area contributed by atoms with Crippen LogP contribution >= 0.6 is 0 Å². The molecule has 0 unspecified atom stereocenters. The van der Waals surface area contributed by atoms with E-state index in [2.05, 4.69) is 4.72 Å². The van der Waals surface area contributed by atoms with Gasteiger partial charge in [-0.15, -0.1) is 0 Å². The molecular weight excluding hydrogens is 278 g/mol. The second-order valence-electron chi connectivity index (χ2n) is 5.01. The zero-order chi connectivity index (χ0) is 14.6. The van der Waals surface area contributed by atoms with Gasteiger partial charge in [-0.05, 0) is 61.8 Å². The fourth-order valence-corrected chi connectivity index (χ4v) is 3.52. The third-order valence-electron chi connectivity index (χ3n) is 3.48. The van der Waals surface area contributed by atoms with E-state index in [0.717, 1.165) is 31.2 Å². The molecule has 110 valence electrons. The van der Waals surface area contributed by atoms with Crippen LogP contribution in [0.25, 0.3) is 0 Å². The lowest BCUT2D eigenvalue weighted by molar-refractivity contribution is -0.305. The van der Waals surface area contributed by atoms with Crippen LogP contribution in [0.2, 0.25) is 0 Å². The number of sulfonamides is 1. The molecule has 0 spiro atoms. The molecule has 6 heteroatoms. The van der Waals surface area contributed by atoms with Crippen molar-refractivity contribution in [1.29, 1.82) is 0 Å². The fraction of sp³-hybridized carbons (Fsp3) is 0.500. The number of carboxylic acids is 1. The number of aryl methyl sites for hydroxylation is 2. The van der Waals surface area contributed by atoms with Crippen LogP contribution in [-0.2, 0) is 27.7 Å². The van der Waals surface area contributed by atoms with Crippen LogP contribution in [0.1, 0.15) is 36.8 Å². The van der Waals surface area contributed by atoms with E-state index in [1.54, 1.807) is 12.1 Å². The van der Waals surface area contributed by atoms with Gasteiger partial charge in [0, 0.05) is 12.5 Å². The summed E-state index contributed by atoms with van der Waals surface area (Å²) < 4.78 is 26.6. The number of benzene rings is 1. The van der Waals surface area contributed by atoms with E-state index in [9.17, 15) is 18.3 Å². The summed E-state index contributed by atoms with van der Waals surface area (Å²) in [6, 6.07) is 5.23. The van der Waals surface area contributed by atoms with Crippen LogP contribution in [0.3, 0.4) is 0 Å². The third kappa shape index (κ3) is 3.80. The SMILES string of the molecule is O=C([O-])CCCNS(=O)(=O)c1ccc2c(c1)CCCC2. The van der Waals surface area contributed by atoms with Crippen molar-refractivity contribution < 1.29 is 18.3 Å². The Morgan fingerprint density at radius 3 is 2.60 bits per heavy atom. The van der Waals surface area contributed by atoms with Crippen molar-refractivity contribution in [3.63, 3.8) is 0 Å². The summed E-state index contributed by atoms with van der Waals surface area (Å²) in [7, 11) is -3.56. The van der Waals surface area contributed by atoms with Gasteiger partial charge in [0.05, 0.1) is 4.90 Å². The first-order valence-corrected chi connectivity index (χ1v) is 8.29. The lowest BCUT2D eigenvalue weighted by Gasteiger charge is -2.16. The summed E-state index contributed by atoms with van der Waals surface area (Å²) in [4.78, 5) is 10.5. The van der Waals surface area contributed by atoms with Crippen molar-refractivity contribution in [1.82, 2.24) is 4.72 Å². The minimum Gasteiger partial charge on any atom is -0.550 e. The summed E-state index contributed by atoms with van der Waals surface area (Å²) in [5.41, 5.74) is 2.33. The molecule has 0 heterocycles. The van der Waals surface area contributed by atoms with Crippen LogP contribution in [0.15, 0.2) is 23.1 Å². The second-order valence-corrected chi connectivity index (χ2v) is 6.78. The highest BCUT2D eigenvalue weighted by Gasteiger charge is 2.17. The third-order valence-corrected chi connectivity index (χ3v) is 4.94. The van der Waals surface area contributed by atoms with E-state index in [1.807, 2.05) is 6.07 Å². The minimum atomic E-state index is -3.56. The molecule has 0 bridgehead atoms. The van der Waals surface area contributed by atoms with Gasteiger partial charge in [0.2, 0.25) is 10.0 Å². The average molecular weight is 296 g/mol. The molecular formula is C14H18NO4S-. The molecule has 0 aliphatic heterocycles. The average Bonchev–Trinajstić information content (AvgIpc) is 2.43. The highest BCUT2D eigenvalue weighted by atomic mass is 32.2. The molecule has 0 saturated heterocycles. The van der Waals surface area contributed by atoms with E-state index in [-0.39, 0.29) is 24.3 Å². The van der Waals surface area contributed by atoms with Gasteiger partial charge in [-0.2, -0.15) is 0 Å². The Morgan fingerprint density at radius 1 is 1.20 bits per heavy atom. The van der Waals surface area contributed by atoms with Gasteiger partial charge in [-0.25, -0.2) is 13.1 Å². The number of carbonyl (C=O) groups is 1. The molecule has 0 radical (unpaired) electrons. The Balaban J connectivity index is 2.03. The van der Waals surface area contributed by atoms with Crippen molar-refractivity contribution in [2.75, 3.05) is 6.54 Å². The molecule has 0 saturated carbocycles. The van der Waals surface area contributed by atoms with Gasteiger partial charge in [0.15, 0.2) is 0 Å². The van der Waals surface area contributed by atoms with Gasteiger partial charge in [0.25, 0.3) is 0 Å². The molecule has 5 nitrogen and oxygen atoms in total. The number of fused-ring (bicyclic) bond motifs is 1. The second kappa shape index (κ2) is 6.37. The maximum Gasteiger partial charge on any atom is 0.240 e. The standard InChI is InChI=1S/C14H19NO4S/c16-14(17)6-3-9-15-20(18,19)13-8-7-11-4-1-2-5-12(11)10-13/h7-8,10,15H,1-6,9H2,(H,16,17)/p-1. The molecule has 20 heavy (non-hydrogen) atoms. The van der Waals surface area contributed by atoms with Gasteiger partial charge < -0.3 is 9.90 Å². The molecule has 1 N–H and O–H groups in total. The maximum atomic E-state index is 12.1. The zero-order valence-electron chi connectivity index (χ0n) is 11.2. The van der Waals surface area contributed by atoms with E-state index in [4.69, 9.17) is 0 Å². The number of hydrogen-bond acceptors (Lipinski definition) is 4. The first-order chi connectivity index (χ1) is 9.49. The fourth-order valence-electron chi connectivity index (χ4n) is 2.40. The van der Waals surface area contributed by atoms with E-state index in [0.29, 0.717) is 0 Å². The van der Waals surface area contributed by atoms with Gasteiger partial charge in [-0.1, -0.05) is 6.07 Å². The normalized spacial score (nSPS) is 14.8. The number of hydrogen-bond donors (Lipinski definition) is 1. The summed E-state index contributed by atoms with van der Waals surface area (Å²) in [5.74, 6) is -1.17. The molecule has 0 amide bonds. The Morgan fingerprint density at radius 2 is 1.90 bits per heavy atom. The van der Waals surface area contributed by atoms with E-state index >= 15 is 0 Å². The van der Waals surface area contributed by atoms with Gasteiger partial charge in [0.1, 0.15) is 0 Å². The summed E-state index contributed by atoms with van der Waals surface area (Å²) in [6.07, 6.45) is 4.26. The molecule has 1 aromatic rings. The Kier molecular flexibility index (Phi) is 4.77. The summed E-state index contributed by atoms with van der Waals surface area (Å²) >= 11 is 0. The Hall–Kier alpha value is -1.40. The largest absolute Gasteiger partial charge is 0.550 e.